The van der Waals surface area contributed by atoms with Crippen molar-refractivity contribution in [3.63, 3.8) is 0 Å². The second kappa shape index (κ2) is 4.70. The van der Waals surface area contributed by atoms with Crippen molar-refractivity contribution in [2.75, 3.05) is 7.11 Å². The number of carbonyl (C=O) groups is 1. The van der Waals surface area contributed by atoms with Crippen LogP contribution in [-0.4, -0.2) is 42.9 Å². The summed E-state index contributed by atoms with van der Waals surface area (Å²) in [5, 5.41) is 0. The summed E-state index contributed by atoms with van der Waals surface area (Å²) in [7, 11) is -0.305. The Balaban J connectivity index is 6.05. The molecule has 0 rings (SSSR count). The Bertz CT molecular complexity index is 388. The van der Waals surface area contributed by atoms with Gasteiger partial charge in [-0.05, 0) is 0 Å². The SMILES string of the molecule is COC(F)(F)C(F)(F)C(F)(F)C(F)(F)C(F)(F)C(=O)F. The summed E-state index contributed by atoms with van der Waals surface area (Å²) in [6.45, 7) is 0. The van der Waals surface area contributed by atoms with Crippen LogP contribution in [0.2, 0.25) is 0 Å². The number of alkyl halides is 10. The largest absolute Gasteiger partial charge is 0.425 e. The maximum atomic E-state index is 12.7. The highest BCUT2D eigenvalue weighted by atomic mass is 19.4. The first-order valence-electron chi connectivity index (χ1n) is 4.15. The third-order valence-corrected chi connectivity index (χ3v) is 2.05. The molecule has 0 aromatic rings. The van der Waals surface area contributed by atoms with E-state index in [9.17, 15) is 53.1 Å². The van der Waals surface area contributed by atoms with Crippen molar-refractivity contribution in [3.8, 4) is 0 Å². The average molecular weight is 328 g/mol. The van der Waals surface area contributed by atoms with E-state index in [4.69, 9.17) is 0 Å². The Hall–Kier alpha value is -1.14. The first-order chi connectivity index (χ1) is 8.50. The standard InChI is InChI=1S/C7H3F11O2/c1-20-7(17,18)6(15,16)5(13,14)4(11,12)3(9,10)2(8)19/h1H3. The maximum absolute atomic E-state index is 12.7. The third kappa shape index (κ3) is 2.20. The molecule has 0 N–H and O–H groups in total. The number of carbonyl (C=O) groups excluding carboxylic acids is 1. The van der Waals surface area contributed by atoms with Gasteiger partial charge in [0.2, 0.25) is 0 Å². The molecule has 0 saturated heterocycles. The molecule has 2 nitrogen and oxygen atoms in total. The monoisotopic (exact) mass is 328 g/mol. The molecule has 13 heteroatoms. The summed E-state index contributed by atoms with van der Waals surface area (Å²) in [4.78, 5) is 9.51. The molecule has 120 valence electrons. The lowest BCUT2D eigenvalue weighted by Gasteiger charge is -2.37. The number of hydrogen-bond donors (Lipinski definition) is 0. The quantitative estimate of drug-likeness (QED) is 0.553. The van der Waals surface area contributed by atoms with Gasteiger partial charge in [0.1, 0.15) is 0 Å². The van der Waals surface area contributed by atoms with Crippen molar-refractivity contribution in [3.05, 3.63) is 0 Å². The molecule has 20 heavy (non-hydrogen) atoms. The molecule has 0 amide bonds. The molecule has 0 atom stereocenters. The van der Waals surface area contributed by atoms with E-state index in [1.807, 2.05) is 0 Å². The van der Waals surface area contributed by atoms with Crippen LogP contribution in [0.25, 0.3) is 0 Å². The Labute approximate surface area is 102 Å². The number of rotatable bonds is 6. The molecule has 0 heterocycles. The van der Waals surface area contributed by atoms with Gasteiger partial charge in [-0.15, -0.1) is 0 Å². The third-order valence-electron chi connectivity index (χ3n) is 2.05. The van der Waals surface area contributed by atoms with Crippen molar-refractivity contribution in [2.24, 2.45) is 0 Å². The summed E-state index contributed by atoms with van der Waals surface area (Å²) < 4.78 is 139. The minimum Gasteiger partial charge on any atom is -0.319 e. The fourth-order valence-electron chi connectivity index (χ4n) is 0.829. The number of methoxy groups -OCH3 is 1. The summed E-state index contributed by atoms with van der Waals surface area (Å²) in [5.41, 5.74) is 0. The van der Waals surface area contributed by atoms with Crippen LogP contribution in [0.5, 0.6) is 0 Å². The van der Waals surface area contributed by atoms with E-state index in [-0.39, 0.29) is 7.11 Å². The van der Waals surface area contributed by atoms with Gasteiger partial charge in [-0.2, -0.15) is 48.3 Å². The zero-order chi connectivity index (χ0) is 16.8. The fraction of sp³-hybridized carbons (Fsp3) is 0.857. The minimum absolute atomic E-state index is 0.305. The van der Waals surface area contributed by atoms with E-state index >= 15 is 0 Å². The zero-order valence-corrected chi connectivity index (χ0v) is 8.97. The van der Waals surface area contributed by atoms with E-state index in [0.717, 1.165) is 0 Å². The van der Waals surface area contributed by atoms with E-state index < -0.39 is 35.8 Å². The molecule has 0 fully saturated rings. The van der Waals surface area contributed by atoms with Gasteiger partial charge < -0.3 is 4.74 Å². The van der Waals surface area contributed by atoms with E-state index in [1.165, 1.54) is 0 Å². The van der Waals surface area contributed by atoms with Gasteiger partial charge in [-0.1, -0.05) is 0 Å². The van der Waals surface area contributed by atoms with Gasteiger partial charge in [-0.3, -0.25) is 4.79 Å². The summed E-state index contributed by atoms with van der Waals surface area (Å²) in [6.07, 6.45) is -6.30. The second-order valence-corrected chi connectivity index (χ2v) is 3.29. The van der Waals surface area contributed by atoms with Crippen LogP contribution in [0.1, 0.15) is 0 Å². The van der Waals surface area contributed by atoms with Crippen molar-refractivity contribution in [2.45, 2.75) is 29.8 Å². The lowest BCUT2D eigenvalue weighted by molar-refractivity contribution is -0.438. The van der Waals surface area contributed by atoms with Gasteiger partial charge >= 0.3 is 35.8 Å². The number of ether oxygens (including phenoxy) is 1. The first-order valence-corrected chi connectivity index (χ1v) is 4.15. The molecule has 0 bridgehead atoms. The van der Waals surface area contributed by atoms with Crippen LogP contribution in [-0.2, 0) is 9.53 Å². The smallest absolute Gasteiger partial charge is 0.319 e. The Kier molecular flexibility index (Phi) is 4.43. The normalized spacial score (nSPS) is 15.4. The van der Waals surface area contributed by atoms with Crippen molar-refractivity contribution in [1.82, 2.24) is 0 Å². The molecule has 0 aliphatic rings. The predicted octanol–water partition coefficient (Wildman–Crippen LogP) is 3.26. The molecule has 0 saturated carbocycles. The lowest BCUT2D eigenvalue weighted by Crippen LogP contribution is -2.68. The minimum atomic E-state index is -7.51. The Morgan fingerprint density at radius 2 is 1.10 bits per heavy atom. The number of hydrogen-bond acceptors (Lipinski definition) is 2. The van der Waals surface area contributed by atoms with Gasteiger partial charge in [0.15, 0.2) is 0 Å². The molecule has 0 unspecified atom stereocenters. The molecule has 0 aliphatic heterocycles. The summed E-state index contributed by atoms with van der Waals surface area (Å²) >= 11 is 0. The summed E-state index contributed by atoms with van der Waals surface area (Å²) in [5.74, 6) is -29.1. The highest BCUT2D eigenvalue weighted by Gasteiger charge is 2.88. The Morgan fingerprint density at radius 3 is 1.35 bits per heavy atom. The second-order valence-electron chi connectivity index (χ2n) is 3.29. The topological polar surface area (TPSA) is 26.3 Å². The van der Waals surface area contributed by atoms with Gasteiger partial charge in [0, 0.05) is 7.11 Å². The van der Waals surface area contributed by atoms with E-state index in [0.29, 0.717) is 0 Å². The molecule has 0 spiro atoms. The lowest BCUT2D eigenvalue weighted by atomic mass is 9.98. The number of halogens is 11. The highest BCUT2D eigenvalue weighted by molar-refractivity contribution is 5.78. The molecule has 0 radical (unpaired) electrons. The zero-order valence-electron chi connectivity index (χ0n) is 8.97. The van der Waals surface area contributed by atoms with Crippen LogP contribution in [0.4, 0.5) is 48.3 Å². The first kappa shape index (κ1) is 18.9. The van der Waals surface area contributed by atoms with Crippen molar-refractivity contribution >= 4 is 6.04 Å². The maximum Gasteiger partial charge on any atom is 0.425 e. The molecule has 0 aromatic carbocycles. The highest BCUT2D eigenvalue weighted by Crippen LogP contribution is 2.57. The van der Waals surface area contributed by atoms with Gasteiger partial charge in [0.25, 0.3) is 0 Å². The Morgan fingerprint density at radius 1 is 0.750 bits per heavy atom. The van der Waals surface area contributed by atoms with Crippen LogP contribution in [0.15, 0.2) is 0 Å². The molecular formula is C7H3F11O2. The van der Waals surface area contributed by atoms with E-state index in [1.54, 1.807) is 0 Å². The van der Waals surface area contributed by atoms with Gasteiger partial charge in [-0.25, -0.2) is 0 Å². The van der Waals surface area contributed by atoms with Gasteiger partial charge in [0.05, 0.1) is 0 Å². The molecular weight excluding hydrogens is 325 g/mol. The molecule has 0 aromatic heterocycles. The van der Waals surface area contributed by atoms with Crippen LogP contribution in [0.3, 0.4) is 0 Å². The van der Waals surface area contributed by atoms with Crippen LogP contribution in [0, 0.1) is 0 Å². The van der Waals surface area contributed by atoms with E-state index in [2.05, 4.69) is 4.74 Å². The van der Waals surface area contributed by atoms with Crippen molar-refractivity contribution < 1.29 is 57.8 Å². The average Bonchev–Trinajstić information content (AvgIpc) is 2.27. The van der Waals surface area contributed by atoms with Crippen molar-refractivity contribution in [1.29, 1.82) is 0 Å². The predicted molar refractivity (Wildman–Crippen MR) is 37.9 cm³/mol. The summed E-state index contributed by atoms with van der Waals surface area (Å²) in [6, 6.07) is -4.40. The molecule has 0 aliphatic carbocycles. The van der Waals surface area contributed by atoms with Crippen LogP contribution >= 0.6 is 0 Å². The fourth-order valence-corrected chi connectivity index (χ4v) is 0.829. The van der Waals surface area contributed by atoms with Crippen LogP contribution < -0.4 is 0 Å².